The van der Waals surface area contributed by atoms with Gasteiger partial charge in [-0.15, -0.1) is 0 Å². The number of carboxylic acids is 1. The average molecular weight is 614 g/mol. The van der Waals surface area contributed by atoms with Crippen molar-refractivity contribution in [3.8, 4) is 5.75 Å². The van der Waals surface area contributed by atoms with Crippen LogP contribution in [0.15, 0.2) is 24.4 Å². The van der Waals surface area contributed by atoms with E-state index in [1.54, 1.807) is 25.1 Å². The van der Waals surface area contributed by atoms with E-state index in [9.17, 15) is 33.0 Å². The first kappa shape index (κ1) is 32.1. The molecule has 2 aliphatic carbocycles. The van der Waals surface area contributed by atoms with E-state index in [0.717, 1.165) is 23.7 Å². The third-order valence-electron chi connectivity index (χ3n) is 9.16. The van der Waals surface area contributed by atoms with Crippen LogP contribution in [-0.4, -0.2) is 56.5 Å². The van der Waals surface area contributed by atoms with Crippen molar-refractivity contribution in [2.45, 2.75) is 96.5 Å². The van der Waals surface area contributed by atoms with E-state index in [1.807, 2.05) is 0 Å². The van der Waals surface area contributed by atoms with Crippen LogP contribution in [0, 0.1) is 10.8 Å². The number of hydrogen-bond donors (Lipinski definition) is 2. The zero-order valence-corrected chi connectivity index (χ0v) is 25.1. The summed E-state index contributed by atoms with van der Waals surface area (Å²) in [6, 6.07) is 3.74. The molecule has 232 valence electrons. The number of rotatable bonds is 8. The number of nitrogens with zero attached hydrogens (tertiary/aromatic N) is 3. The minimum Gasteiger partial charge on any atom is -0.496 e. The molecule has 1 unspecified atom stereocenters. The molecule has 1 atom stereocenters. The van der Waals surface area contributed by atoms with Gasteiger partial charge in [-0.1, -0.05) is 31.5 Å². The number of halogens is 4. The van der Waals surface area contributed by atoms with Crippen LogP contribution in [0.4, 0.5) is 13.2 Å². The molecule has 0 bridgehead atoms. The Hall–Kier alpha value is -2.79. The van der Waals surface area contributed by atoms with Gasteiger partial charge >= 0.3 is 12.1 Å². The molecule has 12 heteroatoms. The molecule has 2 aromatic rings. The Labute approximate surface area is 248 Å². The first-order valence-electron chi connectivity index (χ1n) is 14.3. The standard InChI is InChI=1S/C30H39ClF3N3O5/c1-28(2)12-8-18(9-13-28)36(17-22(38)24-21(31)6-5-7-23(24)42-4)26(39)20-16-35-37(25(20)30(32,33)34)19-10-14-29(3,15-11-19)27(40)41/h5-7,16,18-19,22,38H,8-15,17H2,1-4H3,(H,40,41). The topological polar surface area (TPSA) is 105 Å². The lowest BCUT2D eigenvalue weighted by atomic mass is 9.74. The normalized spacial score (nSPS) is 23.8. The van der Waals surface area contributed by atoms with Crippen LogP contribution in [0.5, 0.6) is 5.75 Å². The second-order valence-corrected chi connectivity index (χ2v) is 13.1. The van der Waals surface area contributed by atoms with Gasteiger partial charge in [0.25, 0.3) is 5.91 Å². The van der Waals surface area contributed by atoms with Crippen molar-refractivity contribution in [2.75, 3.05) is 13.7 Å². The number of alkyl halides is 3. The molecule has 8 nitrogen and oxygen atoms in total. The SMILES string of the molecule is COc1cccc(Cl)c1C(O)CN(C(=O)c1cnn(C2CCC(C)(C(=O)O)CC2)c1C(F)(F)F)C1CCC(C)(C)CC1. The lowest BCUT2D eigenvalue weighted by Gasteiger charge is -2.41. The van der Waals surface area contributed by atoms with Crippen LogP contribution in [0.25, 0.3) is 0 Å². The number of aromatic nitrogens is 2. The zero-order valence-electron chi connectivity index (χ0n) is 24.4. The van der Waals surface area contributed by atoms with Crippen LogP contribution >= 0.6 is 11.6 Å². The molecule has 0 radical (unpaired) electrons. The van der Waals surface area contributed by atoms with Gasteiger partial charge in [0, 0.05) is 11.6 Å². The maximum absolute atomic E-state index is 14.6. The van der Waals surface area contributed by atoms with Gasteiger partial charge in [0.1, 0.15) is 11.9 Å². The molecule has 0 spiro atoms. The van der Waals surface area contributed by atoms with Gasteiger partial charge < -0.3 is 19.8 Å². The number of aliphatic carboxylic acids is 1. The summed E-state index contributed by atoms with van der Waals surface area (Å²) in [4.78, 5) is 27.1. The molecule has 1 aromatic carbocycles. The third-order valence-corrected chi connectivity index (χ3v) is 9.49. The Morgan fingerprint density at radius 2 is 1.76 bits per heavy atom. The van der Waals surface area contributed by atoms with Gasteiger partial charge in [-0.05, 0) is 75.8 Å². The summed E-state index contributed by atoms with van der Waals surface area (Å²) >= 11 is 6.38. The molecule has 1 heterocycles. The lowest BCUT2D eigenvalue weighted by Crippen LogP contribution is -2.46. The predicted octanol–water partition coefficient (Wildman–Crippen LogP) is 6.91. The second kappa shape index (κ2) is 12.1. The molecule has 2 fully saturated rings. The lowest BCUT2D eigenvalue weighted by molar-refractivity contribution is -0.152. The largest absolute Gasteiger partial charge is 0.496 e. The second-order valence-electron chi connectivity index (χ2n) is 12.7. The van der Waals surface area contributed by atoms with Crippen LogP contribution in [0.3, 0.4) is 0 Å². The van der Waals surface area contributed by atoms with E-state index in [1.165, 1.54) is 12.0 Å². The minimum absolute atomic E-state index is 0.0310. The quantitative estimate of drug-likeness (QED) is 0.335. The molecular formula is C30H39ClF3N3O5. The molecule has 0 aliphatic heterocycles. The molecule has 2 saturated carbocycles. The van der Waals surface area contributed by atoms with Crippen LogP contribution < -0.4 is 4.74 Å². The van der Waals surface area contributed by atoms with Gasteiger partial charge in [0.15, 0.2) is 5.69 Å². The van der Waals surface area contributed by atoms with E-state index in [-0.39, 0.29) is 48.2 Å². The molecular weight excluding hydrogens is 575 g/mol. The number of ether oxygens (including phenoxy) is 1. The first-order chi connectivity index (χ1) is 19.6. The highest BCUT2D eigenvalue weighted by Crippen LogP contribution is 2.44. The van der Waals surface area contributed by atoms with E-state index in [0.29, 0.717) is 18.6 Å². The van der Waals surface area contributed by atoms with Crippen LogP contribution in [0.2, 0.25) is 5.02 Å². The summed E-state index contributed by atoms with van der Waals surface area (Å²) in [5.41, 5.74) is -2.46. The van der Waals surface area contributed by atoms with Crippen molar-refractivity contribution in [1.29, 1.82) is 0 Å². The van der Waals surface area contributed by atoms with Crippen molar-refractivity contribution >= 4 is 23.5 Å². The highest BCUT2D eigenvalue weighted by atomic mass is 35.5. The zero-order chi connectivity index (χ0) is 31.0. The van der Waals surface area contributed by atoms with Gasteiger partial charge in [-0.2, -0.15) is 18.3 Å². The molecule has 0 saturated heterocycles. The number of aliphatic hydroxyl groups is 1. The highest BCUT2D eigenvalue weighted by Gasteiger charge is 2.46. The van der Waals surface area contributed by atoms with Crippen molar-refractivity contribution in [3.63, 3.8) is 0 Å². The monoisotopic (exact) mass is 613 g/mol. The number of benzene rings is 1. The van der Waals surface area contributed by atoms with Gasteiger partial charge in [-0.3, -0.25) is 14.3 Å². The first-order valence-corrected chi connectivity index (χ1v) is 14.7. The van der Waals surface area contributed by atoms with E-state index < -0.39 is 52.9 Å². The third kappa shape index (κ3) is 6.56. The summed E-state index contributed by atoms with van der Waals surface area (Å²) in [6.07, 6.45) is -1.81. The van der Waals surface area contributed by atoms with E-state index >= 15 is 0 Å². The Kier molecular flexibility index (Phi) is 9.23. The number of hydrogen-bond acceptors (Lipinski definition) is 5. The maximum atomic E-state index is 14.6. The molecule has 2 N–H and O–H groups in total. The van der Waals surface area contributed by atoms with Crippen LogP contribution in [0.1, 0.15) is 106 Å². The van der Waals surface area contributed by atoms with Crippen LogP contribution in [-0.2, 0) is 11.0 Å². The number of carbonyl (C=O) groups is 2. The minimum atomic E-state index is -4.89. The van der Waals surface area contributed by atoms with Crippen molar-refractivity contribution in [3.05, 3.63) is 46.2 Å². The molecule has 42 heavy (non-hydrogen) atoms. The molecule has 4 rings (SSSR count). The summed E-state index contributed by atoms with van der Waals surface area (Å²) in [5.74, 6) is -1.54. The smallest absolute Gasteiger partial charge is 0.433 e. The molecule has 2 aliphatic rings. The maximum Gasteiger partial charge on any atom is 0.433 e. The van der Waals surface area contributed by atoms with Crippen molar-refractivity contribution in [2.24, 2.45) is 10.8 Å². The summed E-state index contributed by atoms with van der Waals surface area (Å²) in [7, 11) is 1.42. The van der Waals surface area contributed by atoms with Gasteiger partial charge in [0.05, 0.1) is 41.9 Å². The molecule has 1 aromatic heterocycles. The predicted molar refractivity (Wildman–Crippen MR) is 151 cm³/mol. The number of amides is 1. The summed E-state index contributed by atoms with van der Waals surface area (Å²) < 4.78 is 50.1. The van der Waals surface area contributed by atoms with Crippen molar-refractivity contribution in [1.82, 2.24) is 14.7 Å². The van der Waals surface area contributed by atoms with E-state index in [2.05, 4.69) is 18.9 Å². The molecule has 1 amide bonds. The summed E-state index contributed by atoms with van der Waals surface area (Å²) in [5, 5.41) is 25.1. The van der Waals surface area contributed by atoms with Gasteiger partial charge in [0.2, 0.25) is 0 Å². The fourth-order valence-corrected chi connectivity index (χ4v) is 6.61. The average Bonchev–Trinajstić information content (AvgIpc) is 3.38. The fourth-order valence-electron chi connectivity index (χ4n) is 6.32. The Morgan fingerprint density at radius 3 is 2.31 bits per heavy atom. The Balaban J connectivity index is 1.70. The summed E-state index contributed by atoms with van der Waals surface area (Å²) in [6.45, 7) is 5.54. The highest BCUT2D eigenvalue weighted by molar-refractivity contribution is 6.31. The Morgan fingerprint density at radius 1 is 1.14 bits per heavy atom. The number of carbonyl (C=O) groups excluding carboxylic acids is 1. The number of carboxylic acid groups (broad SMARTS) is 1. The van der Waals surface area contributed by atoms with Gasteiger partial charge in [-0.25, -0.2) is 0 Å². The fraction of sp³-hybridized carbons (Fsp3) is 0.633. The number of methoxy groups -OCH3 is 1. The van der Waals surface area contributed by atoms with Crippen molar-refractivity contribution < 1.29 is 37.7 Å². The number of aliphatic hydroxyl groups excluding tert-OH is 1. The Bertz CT molecular complexity index is 1290. The van der Waals surface area contributed by atoms with E-state index in [4.69, 9.17) is 16.3 Å².